The van der Waals surface area contributed by atoms with Crippen LogP contribution in [0.4, 0.5) is 0 Å². The molecule has 0 aliphatic rings. The first kappa shape index (κ1) is 14.3. The summed E-state index contributed by atoms with van der Waals surface area (Å²) in [5, 5.41) is 0. The van der Waals surface area contributed by atoms with E-state index < -0.39 is 0 Å². The van der Waals surface area contributed by atoms with Gasteiger partial charge >= 0.3 is 0 Å². The molecule has 1 aromatic carbocycles. The lowest BCUT2D eigenvalue weighted by molar-refractivity contribution is 0.332. The lowest BCUT2D eigenvalue weighted by Gasteiger charge is -2.17. The minimum Gasteiger partial charge on any atom is -0.494 e. The topological polar surface area (TPSA) is 57.2 Å². The second kappa shape index (κ2) is 6.39. The Morgan fingerprint density at radius 1 is 1.25 bits per heavy atom. The van der Waals surface area contributed by atoms with Crippen molar-refractivity contribution < 1.29 is 4.74 Å². The highest BCUT2D eigenvalue weighted by atomic mass is 16.5. The first-order valence-corrected chi connectivity index (χ1v) is 6.77. The highest BCUT2D eigenvalue weighted by Gasteiger charge is 2.13. The summed E-state index contributed by atoms with van der Waals surface area (Å²) in [6.07, 6.45) is 1.76. The molecule has 2 N–H and O–H groups in total. The summed E-state index contributed by atoms with van der Waals surface area (Å²) in [7, 11) is 0. The minimum absolute atomic E-state index is 0.00292. The molecule has 4 heteroatoms. The number of para-hydroxylation sites is 1. The third-order valence-corrected chi connectivity index (χ3v) is 3.22. The van der Waals surface area contributed by atoms with Gasteiger partial charge in [0.05, 0.1) is 12.6 Å². The molecule has 1 aromatic heterocycles. The zero-order valence-electron chi connectivity index (χ0n) is 11.9. The lowest BCUT2D eigenvalue weighted by atomic mass is 10.1. The molecule has 20 heavy (non-hydrogen) atoms. The van der Waals surface area contributed by atoms with Crippen molar-refractivity contribution in [1.29, 1.82) is 0 Å². The van der Waals surface area contributed by atoms with Crippen molar-refractivity contribution in [2.45, 2.75) is 26.4 Å². The summed E-state index contributed by atoms with van der Waals surface area (Å²) in [5.41, 5.74) is 7.87. The maximum Gasteiger partial charge on any atom is 0.253 e. The third-order valence-electron chi connectivity index (χ3n) is 3.22. The Morgan fingerprint density at radius 2 is 2.00 bits per heavy atom. The Hall–Kier alpha value is -2.07. The predicted molar refractivity (Wildman–Crippen MR) is 80.0 cm³/mol. The lowest BCUT2D eigenvalue weighted by Crippen LogP contribution is -2.27. The van der Waals surface area contributed by atoms with Gasteiger partial charge in [0.15, 0.2) is 0 Å². The van der Waals surface area contributed by atoms with Crippen LogP contribution in [0.2, 0.25) is 0 Å². The highest BCUT2D eigenvalue weighted by molar-refractivity contribution is 5.35. The SMILES string of the molecule is CCOc1ccccc1C(N)Cn1cccc(C)c1=O. The minimum atomic E-state index is -0.280. The summed E-state index contributed by atoms with van der Waals surface area (Å²) < 4.78 is 7.22. The molecule has 1 atom stereocenters. The zero-order chi connectivity index (χ0) is 14.5. The second-order valence-electron chi connectivity index (χ2n) is 4.73. The Morgan fingerprint density at radius 3 is 2.75 bits per heavy atom. The van der Waals surface area contributed by atoms with Gasteiger partial charge in [0, 0.05) is 23.9 Å². The van der Waals surface area contributed by atoms with Gasteiger partial charge in [-0.2, -0.15) is 0 Å². The predicted octanol–water partition coefficient (Wildman–Crippen LogP) is 2.26. The van der Waals surface area contributed by atoms with Crippen molar-refractivity contribution in [3.05, 3.63) is 64.1 Å². The number of hydrogen-bond donors (Lipinski definition) is 1. The largest absolute Gasteiger partial charge is 0.494 e. The number of ether oxygens (including phenoxy) is 1. The molecule has 106 valence electrons. The second-order valence-corrected chi connectivity index (χ2v) is 4.73. The summed E-state index contributed by atoms with van der Waals surface area (Å²) in [6.45, 7) is 4.77. The van der Waals surface area contributed by atoms with E-state index in [0.717, 1.165) is 16.9 Å². The van der Waals surface area contributed by atoms with Crippen LogP contribution in [0.3, 0.4) is 0 Å². The van der Waals surface area contributed by atoms with Gasteiger partial charge in [-0.05, 0) is 26.0 Å². The van der Waals surface area contributed by atoms with Gasteiger partial charge in [-0.1, -0.05) is 24.3 Å². The molecule has 0 saturated carbocycles. The molecule has 2 aromatic rings. The van der Waals surface area contributed by atoms with E-state index in [1.165, 1.54) is 0 Å². The molecule has 0 fully saturated rings. The van der Waals surface area contributed by atoms with Gasteiger partial charge in [0.25, 0.3) is 5.56 Å². The van der Waals surface area contributed by atoms with Crippen LogP contribution in [-0.2, 0) is 6.54 Å². The summed E-state index contributed by atoms with van der Waals surface area (Å²) >= 11 is 0. The Balaban J connectivity index is 2.26. The standard InChI is InChI=1S/C16H20N2O2/c1-3-20-15-9-5-4-8-13(15)14(17)11-18-10-6-7-12(2)16(18)19/h4-10,14H,3,11,17H2,1-2H3. The summed E-state index contributed by atoms with van der Waals surface area (Å²) in [5.74, 6) is 0.781. The molecular formula is C16H20N2O2. The van der Waals surface area contributed by atoms with Crippen molar-refractivity contribution in [3.63, 3.8) is 0 Å². The van der Waals surface area contributed by atoms with Crippen LogP contribution in [-0.4, -0.2) is 11.2 Å². The van der Waals surface area contributed by atoms with E-state index in [1.807, 2.05) is 37.3 Å². The molecule has 2 rings (SSSR count). The van der Waals surface area contributed by atoms with Crippen molar-refractivity contribution >= 4 is 0 Å². The molecule has 1 unspecified atom stereocenters. The Labute approximate surface area is 118 Å². The fourth-order valence-corrected chi connectivity index (χ4v) is 2.18. The molecule has 0 aliphatic heterocycles. The average Bonchev–Trinajstić information content (AvgIpc) is 2.45. The fourth-order valence-electron chi connectivity index (χ4n) is 2.18. The van der Waals surface area contributed by atoms with Crippen LogP contribution >= 0.6 is 0 Å². The van der Waals surface area contributed by atoms with Crippen LogP contribution in [0.15, 0.2) is 47.4 Å². The van der Waals surface area contributed by atoms with E-state index in [4.69, 9.17) is 10.5 Å². The number of pyridine rings is 1. The van der Waals surface area contributed by atoms with E-state index in [-0.39, 0.29) is 11.6 Å². The first-order chi connectivity index (χ1) is 9.63. The van der Waals surface area contributed by atoms with Gasteiger partial charge in [0.1, 0.15) is 5.75 Å². The van der Waals surface area contributed by atoms with Crippen LogP contribution in [0.1, 0.15) is 24.1 Å². The van der Waals surface area contributed by atoms with Gasteiger partial charge in [-0.15, -0.1) is 0 Å². The quantitative estimate of drug-likeness (QED) is 0.908. The number of nitrogens with zero attached hydrogens (tertiary/aromatic N) is 1. The number of rotatable bonds is 5. The molecule has 0 amide bonds. The van der Waals surface area contributed by atoms with E-state index >= 15 is 0 Å². The smallest absolute Gasteiger partial charge is 0.253 e. The molecule has 0 saturated heterocycles. The highest BCUT2D eigenvalue weighted by Crippen LogP contribution is 2.24. The number of benzene rings is 1. The van der Waals surface area contributed by atoms with Gasteiger partial charge < -0.3 is 15.0 Å². The molecule has 0 radical (unpaired) electrons. The van der Waals surface area contributed by atoms with Crippen LogP contribution < -0.4 is 16.0 Å². The van der Waals surface area contributed by atoms with Gasteiger partial charge in [-0.3, -0.25) is 4.79 Å². The van der Waals surface area contributed by atoms with Crippen LogP contribution in [0, 0.1) is 6.92 Å². The zero-order valence-corrected chi connectivity index (χ0v) is 11.9. The number of aryl methyl sites for hydroxylation is 1. The molecule has 1 heterocycles. The van der Waals surface area contributed by atoms with Crippen molar-refractivity contribution in [2.24, 2.45) is 5.73 Å². The maximum absolute atomic E-state index is 12.0. The molecule has 0 bridgehead atoms. The summed E-state index contributed by atoms with van der Waals surface area (Å²) in [4.78, 5) is 12.0. The van der Waals surface area contributed by atoms with Crippen molar-refractivity contribution in [1.82, 2.24) is 4.57 Å². The monoisotopic (exact) mass is 272 g/mol. The maximum atomic E-state index is 12.0. The van der Waals surface area contributed by atoms with Crippen molar-refractivity contribution in [2.75, 3.05) is 6.61 Å². The Kier molecular flexibility index (Phi) is 4.58. The average molecular weight is 272 g/mol. The van der Waals surface area contributed by atoms with E-state index in [0.29, 0.717) is 13.2 Å². The Bertz CT molecular complexity index is 634. The third kappa shape index (κ3) is 3.08. The van der Waals surface area contributed by atoms with Gasteiger partial charge in [0.2, 0.25) is 0 Å². The van der Waals surface area contributed by atoms with Crippen molar-refractivity contribution in [3.8, 4) is 5.75 Å². The van der Waals surface area contributed by atoms with Crippen LogP contribution in [0.5, 0.6) is 5.75 Å². The molecule has 0 aliphatic carbocycles. The normalized spacial score (nSPS) is 12.2. The van der Waals surface area contributed by atoms with Crippen LogP contribution in [0.25, 0.3) is 0 Å². The first-order valence-electron chi connectivity index (χ1n) is 6.77. The molecular weight excluding hydrogens is 252 g/mol. The van der Waals surface area contributed by atoms with E-state index in [9.17, 15) is 4.79 Å². The van der Waals surface area contributed by atoms with E-state index in [1.54, 1.807) is 23.8 Å². The van der Waals surface area contributed by atoms with E-state index in [2.05, 4.69) is 0 Å². The number of nitrogens with two attached hydrogens (primary N) is 1. The molecule has 0 spiro atoms. The number of aromatic nitrogens is 1. The van der Waals surface area contributed by atoms with Gasteiger partial charge in [-0.25, -0.2) is 0 Å². The summed E-state index contributed by atoms with van der Waals surface area (Å²) in [6, 6.07) is 11.1. The molecule has 4 nitrogen and oxygen atoms in total. The number of hydrogen-bond acceptors (Lipinski definition) is 3. The fraction of sp³-hybridized carbons (Fsp3) is 0.312.